The molecule has 3 aromatic rings. The van der Waals surface area contributed by atoms with Crippen LogP contribution >= 0.6 is 35.0 Å². The lowest BCUT2D eigenvalue weighted by molar-refractivity contribution is -0.123. The van der Waals surface area contributed by atoms with E-state index in [1.54, 1.807) is 36.4 Å². The first-order valence-electron chi connectivity index (χ1n) is 10.4. The summed E-state index contributed by atoms with van der Waals surface area (Å²) in [7, 11) is 1.52. The highest BCUT2D eigenvalue weighted by Gasteiger charge is 2.35. The van der Waals surface area contributed by atoms with Gasteiger partial charge in [-0.25, -0.2) is 0 Å². The quantitative estimate of drug-likeness (QED) is 0.314. The van der Waals surface area contributed by atoms with Gasteiger partial charge < -0.3 is 9.47 Å². The maximum atomic E-state index is 12.9. The molecule has 1 heterocycles. The fraction of sp³-hybridized carbons (Fsp3) is 0.154. The topological polar surface area (TPSA) is 55.8 Å². The number of aryl methyl sites for hydroxylation is 1. The second-order valence-electron chi connectivity index (χ2n) is 7.71. The van der Waals surface area contributed by atoms with Gasteiger partial charge in [-0.15, -0.1) is 0 Å². The second kappa shape index (κ2) is 10.6. The van der Waals surface area contributed by atoms with Crippen molar-refractivity contribution >= 4 is 52.2 Å². The standard InChI is InChI=1S/C26H21Cl2NO4S/c1-16-6-8-17(9-7-16)15-33-24-21(28)11-19(12-22(24)32-2)13-23-25(30)29(26(31)34-23)14-18-4-3-5-20(27)10-18/h3-13H,14-15H2,1-2H3/b23-13-. The van der Waals surface area contributed by atoms with Gasteiger partial charge in [0.1, 0.15) is 6.61 Å². The SMILES string of the molecule is COc1cc(/C=C2\SC(=O)N(Cc3cccc(Cl)c3)C2=O)cc(Cl)c1OCc1ccc(C)cc1. The lowest BCUT2D eigenvalue weighted by Crippen LogP contribution is -2.27. The van der Waals surface area contributed by atoms with Crippen LogP contribution in [0.2, 0.25) is 10.0 Å². The summed E-state index contributed by atoms with van der Waals surface area (Å²) >= 11 is 13.4. The van der Waals surface area contributed by atoms with Gasteiger partial charge in [0, 0.05) is 5.02 Å². The Morgan fingerprint density at radius 1 is 1.00 bits per heavy atom. The molecular weight excluding hydrogens is 493 g/mol. The summed E-state index contributed by atoms with van der Waals surface area (Å²) < 4.78 is 11.4. The zero-order valence-corrected chi connectivity index (χ0v) is 20.8. The lowest BCUT2D eigenvalue weighted by atomic mass is 10.1. The van der Waals surface area contributed by atoms with Crippen LogP contribution in [-0.4, -0.2) is 23.2 Å². The van der Waals surface area contributed by atoms with Crippen molar-refractivity contribution < 1.29 is 19.1 Å². The molecule has 0 spiro atoms. The van der Waals surface area contributed by atoms with Crippen LogP contribution in [-0.2, 0) is 17.9 Å². The number of hydrogen-bond acceptors (Lipinski definition) is 5. The number of halogens is 2. The van der Waals surface area contributed by atoms with E-state index < -0.39 is 0 Å². The van der Waals surface area contributed by atoms with Crippen LogP contribution < -0.4 is 9.47 Å². The number of ether oxygens (including phenoxy) is 2. The molecule has 1 saturated heterocycles. The largest absolute Gasteiger partial charge is 0.493 e. The zero-order chi connectivity index (χ0) is 24.2. The smallest absolute Gasteiger partial charge is 0.293 e. The van der Waals surface area contributed by atoms with E-state index in [1.165, 1.54) is 17.6 Å². The molecule has 0 radical (unpaired) electrons. The Balaban J connectivity index is 1.53. The van der Waals surface area contributed by atoms with Crippen molar-refractivity contribution in [2.24, 2.45) is 0 Å². The molecule has 0 N–H and O–H groups in total. The molecular formula is C26H21Cl2NO4S. The third kappa shape index (κ3) is 5.58. The average molecular weight is 514 g/mol. The first-order valence-corrected chi connectivity index (χ1v) is 12.0. The Morgan fingerprint density at radius 2 is 1.76 bits per heavy atom. The van der Waals surface area contributed by atoms with E-state index in [1.807, 2.05) is 37.3 Å². The van der Waals surface area contributed by atoms with E-state index in [-0.39, 0.29) is 17.7 Å². The van der Waals surface area contributed by atoms with Crippen molar-refractivity contribution in [3.05, 3.63) is 97.9 Å². The van der Waals surface area contributed by atoms with E-state index in [2.05, 4.69) is 0 Å². The highest BCUT2D eigenvalue weighted by atomic mass is 35.5. The molecule has 0 bridgehead atoms. The van der Waals surface area contributed by atoms with E-state index in [4.69, 9.17) is 32.7 Å². The van der Waals surface area contributed by atoms with Gasteiger partial charge in [-0.1, -0.05) is 65.2 Å². The van der Waals surface area contributed by atoms with Crippen molar-refractivity contribution in [2.75, 3.05) is 7.11 Å². The van der Waals surface area contributed by atoms with Crippen molar-refractivity contribution in [1.82, 2.24) is 4.90 Å². The van der Waals surface area contributed by atoms with Crippen molar-refractivity contribution in [2.45, 2.75) is 20.1 Å². The average Bonchev–Trinajstić information content (AvgIpc) is 3.06. The van der Waals surface area contributed by atoms with Gasteiger partial charge in [-0.2, -0.15) is 0 Å². The lowest BCUT2D eigenvalue weighted by Gasteiger charge is -2.14. The molecule has 1 aliphatic rings. The molecule has 2 amide bonds. The molecule has 0 saturated carbocycles. The predicted molar refractivity (Wildman–Crippen MR) is 136 cm³/mol. The highest BCUT2D eigenvalue weighted by Crippen LogP contribution is 2.39. The highest BCUT2D eigenvalue weighted by molar-refractivity contribution is 8.18. The van der Waals surface area contributed by atoms with Crippen LogP contribution in [0.4, 0.5) is 4.79 Å². The molecule has 4 rings (SSSR count). The number of rotatable bonds is 7. The van der Waals surface area contributed by atoms with Crippen LogP contribution in [0.25, 0.3) is 6.08 Å². The monoisotopic (exact) mass is 513 g/mol. The number of amides is 2. The summed E-state index contributed by atoms with van der Waals surface area (Å²) in [4.78, 5) is 26.9. The minimum atomic E-state index is -0.371. The fourth-order valence-electron chi connectivity index (χ4n) is 3.41. The second-order valence-corrected chi connectivity index (χ2v) is 9.54. The van der Waals surface area contributed by atoms with Gasteiger partial charge in [0.15, 0.2) is 11.5 Å². The van der Waals surface area contributed by atoms with Crippen LogP contribution in [0, 0.1) is 6.92 Å². The molecule has 3 aromatic carbocycles. The molecule has 0 atom stereocenters. The minimum Gasteiger partial charge on any atom is -0.493 e. The molecule has 0 unspecified atom stereocenters. The fourth-order valence-corrected chi connectivity index (χ4v) is 4.73. The van der Waals surface area contributed by atoms with Gasteiger partial charge in [0.05, 0.1) is 23.6 Å². The van der Waals surface area contributed by atoms with Crippen molar-refractivity contribution in [3.63, 3.8) is 0 Å². The Morgan fingerprint density at radius 3 is 2.47 bits per heavy atom. The molecule has 0 aliphatic carbocycles. The molecule has 34 heavy (non-hydrogen) atoms. The first-order chi connectivity index (χ1) is 16.3. The maximum Gasteiger partial charge on any atom is 0.293 e. The predicted octanol–water partition coefficient (Wildman–Crippen LogP) is 7.13. The van der Waals surface area contributed by atoms with Crippen molar-refractivity contribution in [1.29, 1.82) is 0 Å². The molecule has 1 fully saturated rings. The summed E-state index contributed by atoms with van der Waals surface area (Å²) in [6, 6.07) is 18.5. The van der Waals surface area contributed by atoms with Gasteiger partial charge in [-0.3, -0.25) is 14.5 Å². The van der Waals surface area contributed by atoms with Crippen LogP contribution in [0.3, 0.4) is 0 Å². The van der Waals surface area contributed by atoms with E-state index >= 15 is 0 Å². The van der Waals surface area contributed by atoms with Gasteiger partial charge in [0.2, 0.25) is 0 Å². The summed E-state index contributed by atoms with van der Waals surface area (Å²) in [5, 5.41) is 0.551. The Labute approximate surface area is 212 Å². The number of imide groups is 1. The molecule has 0 aromatic heterocycles. The third-order valence-corrected chi connectivity index (χ3v) is 6.58. The number of carbonyl (C=O) groups excluding carboxylic acids is 2. The summed E-state index contributed by atoms with van der Waals surface area (Å²) in [6.45, 7) is 2.51. The Kier molecular flexibility index (Phi) is 7.51. The number of benzene rings is 3. The number of carbonyl (C=O) groups is 2. The summed E-state index contributed by atoms with van der Waals surface area (Å²) in [6.07, 6.45) is 1.63. The van der Waals surface area contributed by atoms with Gasteiger partial charge >= 0.3 is 0 Å². The van der Waals surface area contributed by atoms with E-state index in [9.17, 15) is 9.59 Å². The molecule has 1 aliphatic heterocycles. The van der Waals surface area contributed by atoms with Gasteiger partial charge in [-0.05, 0) is 65.7 Å². The molecule has 8 heteroatoms. The zero-order valence-electron chi connectivity index (χ0n) is 18.5. The normalized spacial score (nSPS) is 14.7. The van der Waals surface area contributed by atoms with E-state index in [0.717, 1.165) is 22.9 Å². The van der Waals surface area contributed by atoms with Crippen LogP contribution in [0.1, 0.15) is 22.3 Å². The Hall–Kier alpha value is -2.93. The van der Waals surface area contributed by atoms with Gasteiger partial charge in [0.25, 0.3) is 11.1 Å². The number of methoxy groups -OCH3 is 1. The minimum absolute atomic E-state index is 0.151. The van der Waals surface area contributed by atoms with Crippen LogP contribution in [0.15, 0.2) is 65.6 Å². The van der Waals surface area contributed by atoms with E-state index in [0.29, 0.717) is 38.6 Å². The number of hydrogen-bond donors (Lipinski definition) is 0. The molecule has 5 nitrogen and oxygen atoms in total. The summed E-state index contributed by atoms with van der Waals surface area (Å²) in [5.74, 6) is 0.477. The van der Waals surface area contributed by atoms with Crippen molar-refractivity contribution in [3.8, 4) is 11.5 Å². The third-order valence-electron chi connectivity index (χ3n) is 5.16. The number of nitrogens with zero attached hydrogens (tertiary/aromatic N) is 1. The Bertz CT molecular complexity index is 1270. The summed E-state index contributed by atoms with van der Waals surface area (Å²) in [5.41, 5.74) is 3.57. The maximum absolute atomic E-state index is 12.9. The first kappa shape index (κ1) is 24.2. The number of thioether (sulfide) groups is 1. The van der Waals surface area contributed by atoms with Crippen LogP contribution in [0.5, 0.6) is 11.5 Å². The molecule has 174 valence electrons.